The molecule has 3 heterocycles. The zero-order chi connectivity index (χ0) is 22.1. The molecule has 1 N–H and O–H groups in total. The molecular formula is C20H16Cl3N5O3. The Morgan fingerprint density at radius 2 is 1.97 bits per heavy atom. The number of fused-ring (bicyclic) bond motifs is 1. The largest absolute Gasteiger partial charge is 0.468 e. The van der Waals surface area contributed by atoms with Gasteiger partial charge in [0.25, 0.3) is 0 Å². The summed E-state index contributed by atoms with van der Waals surface area (Å²) in [4.78, 5) is 36.6. The maximum Gasteiger partial charge on any atom is 0.329 e. The topological polar surface area (TPSA) is 94.8 Å². The quantitative estimate of drug-likeness (QED) is 0.335. The van der Waals surface area contributed by atoms with Crippen LogP contribution >= 0.6 is 34.8 Å². The van der Waals surface area contributed by atoms with E-state index in [-0.39, 0.29) is 18.8 Å². The molecule has 0 fully saturated rings. The van der Waals surface area contributed by atoms with Gasteiger partial charge in [0.2, 0.25) is 0 Å². The molecule has 0 saturated carbocycles. The Morgan fingerprint density at radius 1 is 1.16 bits per heavy atom. The van der Waals surface area contributed by atoms with Crippen molar-refractivity contribution in [3.05, 3.63) is 79.3 Å². The van der Waals surface area contributed by atoms with Crippen LogP contribution in [0.2, 0.25) is 15.2 Å². The van der Waals surface area contributed by atoms with Crippen molar-refractivity contribution in [3.8, 4) is 0 Å². The fourth-order valence-corrected chi connectivity index (χ4v) is 3.83. The molecule has 0 unspecified atom stereocenters. The molecule has 11 heteroatoms. The molecule has 0 aliphatic carbocycles. The standard InChI is InChI=1S/C20H16Cl3N5O3/c1-31-18(29)10-28-13(6-11-2-3-12(21)7-14(11)22)8-27(20(28)30)9-17-24-15-4-5-16(23)25-19(15)26-17/h2-5,7-8H,6,9-10H2,1H3,(H,24,25,26). The van der Waals surface area contributed by atoms with Crippen LogP contribution in [0.1, 0.15) is 17.1 Å². The molecule has 0 aliphatic rings. The minimum Gasteiger partial charge on any atom is -0.468 e. The highest BCUT2D eigenvalue weighted by Crippen LogP contribution is 2.23. The average Bonchev–Trinajstić information content (AvgIpc) is 3.25. The maximum atomic E-state index is 13.0. The van der Waals surface area contributed by atoms with Crippen LogP contribution in [0.4, 0.5) is 0 Å². The summed E-state index contributed by atoms with van der Waals surface area (Å²) in [6.07, 6.45) is 2.00. The van der Waals surface area contributed by atoms with Gasteiger partial charge in [-0.25, -0.2) is 14.8 Å². The van der Waals surface area contributed by atoms with Crippen LogP contribution in [0.3, 0.4) is 0 Å². The first-order valence-corrected chi connectivity index (χ1v) is 10.3. The summed E-state index contributed by atoms with van der Waals surface area (Å²) in [5.41, 5.74) is 2.14. The van der Waals surface area contributed by atoms with E-state index in [0.29, 0.717) is 44.3 Å². The first-order chi connectivity index (χ1) is 14.8. The zero-order valence-electron chi connectivity index (χ0n) is 16.2. The first kappa shape index (κ1) is 21.4. The highest BCUT2D eigenvalue weighted by atomic mass is 35.5. The molecule has 0 atom stereocenters. The van der Waals surface area contributed by atoms with E-state index in [2.05, 4.69) is 15.0 Å². The maximum absolute atomic E-state index is 13.0. The van der Waals surface area contributed by atoms with Crippen LogP contribution in [-0.4, -0.2) is 37.2 Å². The van der Waals surface area contributed by atoms with Gasteiger partial charge >= 0.3 is 11.7 Å². The summed E-state index contributed by atoms with van der Waals surface area (Å²) < 4.78 is 7.56. The second-order valence-corrected chi connectivity index (χ2v) is 8.03. The summed E-state index contributed by atoms with van der Waals surface area (Å²) in [5.74, 6) is -0.0101. The third-order valence-electron chi connectivity index (χ3n) is 4.71. The minimum absolute atomic E-state index is 0.155. The lowest BCUT2D eigenvalue weighted by molar-refractivity contribution is -0.141. The van der Waals surface area contributed by atoms with Crippen molar-refractivity contribution >= 4 is 51.9 Å². The predicted octanol–water partition coefficient (Wildman–Crippen LogP) is 3.69. The van der Waals surface area contributed by atoms with Crippen molar-refractivity contribution in [1.82, 2.24) is 24.1 Å². The summed E-state index contributed by atoms with van der Waals surface area (Å²) >= 11 is 18.2. The normalized spacial score (nSPS) is 11.2. The molecule has 1 aromatic carbocycles. The molecule has 0 radical (unpaired) electrons. The van der Waals surface area contributed by atoms with E-state index in [0.717, 1.165) is 5.56 Å². The summed E-state index contributed by atoms with van der Waals surface area (Å²) in [6, 6.07) is 8.54. The SMILES string of the molecule is COC(=O)Cn1c(Cc2ccc(Cl)cc2Cl)cn(Cc2nc3nc(Cl)ccc3[nH]2)c1=O. The number of methoxy groups -OCH3 is 1. The lowest BCUT2D eigenvalue weighted by Gasteiger charge is -2.07. The number of aromatic nitrogens is 5. The number of hydrogen-bond acceptors (Lipinski definition) is 5. The minimum atomic E-state index is -0.536. The number of benzene rings is 1. The summed E-state index contributed by atoms with van der Waals surface area (Å²) in [6.45, 7) is -0.0670. The Hall–Kier alpha value is -2.81. The van der Waals surface area contributed by atoms with E-state index in [1.807, 2.05) is 0 Å². The lowest BCUT2D eigenvalue weighted by atomic mass is 10.1. The van der Waals surface area contributed by atoms with Crippen molar-refractivity contribution in [2.75, 3.05) is 7.11 Å². The van der Waals surface area contributed by atoms with E-state index in [4.69, 9.17) is 39.5 Å². The number of carbonyl (C=O) groups is 1. The highest BCUT2D eigenvalue weighted by Gasteiger charge is 2.17. The Kier molecular flexibility index (Phi) is 6.04. The van der Waals surface area contributed by atoms with Crippen molar-refractivity contribution in [2.24, 2.45) is 0 Å². The van der Waals surface area contributed by atoms with E-state index in [9.17, 15) is 9.59 Å². The second kappa shape index (κ2) is 8.74. The van der Waals surface area contributed by atoms with Gasteiger partial charge in [0.1, 0.15) is 17.5 Å². The summed E-state index contributed by atoms with van der Waals surface area (Å²) in [5, 5.41) is 1.31. The van der Waals surface area contributed by atoms with Crippen LogP contribution < -0.4 is 5.69 Å². The number of nitrogens with one attached hydrogen (secondary N) is 1. The Balaban J connectivity index is 1.71. The zero-order valence-corrected chi connectivity index (χ0v) is 18.5. The van der Waals surface area contributed by atoms with Gasteiger partial charge in [-0.1, -0.05) is 40.9 Å². The first-order valence-electron chi connectivity index (χ1n) is 9.15. The van der Waals surface area contributed by atoms with E-state index in [1.54, 1.807) is 36.5 Å². The number of esters is 1. The molecule has 4 rings (SSSR count). The fraction of sp³-hybridized carbons (Fsp3) is 0.200. The van der Waals surface area contributed by atoms with Crippen LogP contribution in [0.25, 0.3) is 11.2 Å². The molecule has 8 nitrogen and oxygen atoms in total. The van der Waals surface area contributed by atoms with Gasteiger partial charge in [-0.2, -0.15) is 0 Å². The monoisotopic (exact) mass is 479 g/mol. The van der Waals surface area contributed by atoms with E-state index in [1.165, 1.54) is 16.2 Å². The van der Waals surface area contributed by atoms with Crippen LogP contribution in [0, 0.1) is 0 Å². The van der Waals surface area contributed by atoms with Crippen molar-refractivity contribution in [3.63, 3.8) is 0 Å². The Labute approximate surface area is 191 Å². The lowest BCUT2D eigenvalue weighted by Crippen LogP contribution is -2.29. The molecule has 0 bridgehead atoms. The molecular weight excluding hydrogens is 465 g/mol. The second-order valence-electron chi connectivity index (χ2n) is 6.79. The highest BCUT2D eigenvalue weighted by molar-refractivity contribution is 6.35. The van der Waals surface area contributed by atoms with Crippen molar-refractivity contribution < 1.29 is 9.53 Å². The Bertz CT molecular complexity index is 1340. The number of imidazole rings is 2. The third kappa shape index (κ3) is 4.61. The molecule has 4 aromatic rings. The van der Waals surface area contributed by atoms with Crippen LogP contribution in [0.15, 0.2) is 41.3 Å². The fourth-order valence-electron chi connectivity index (χ4n) is 3.22. The number of aromatic amines is 1. The number of hydrogen-bond donors (Lipinski definition) is 1. The smallest absolute Gasteiger partial charge is 0.329 e. The van der Waals surface area contributed by atoms with Crippen LogP contribution in [-0.2, 0) is 29.0 Å². The number of carbonyl (C=O) groups excluding carboxylic acids is 1. The summed E-state index contributed by atoms with van der Waals surface area (Å²) in [7, 11) is 1.27. The molecule has 0 spiro atoms. The van der Waals surface area contributed by atoms with Gasteiger partial charge in [0, 0.05) is 28.4 Å². The predicted molar refractivity (Wildman–Crippen MR) is 118 cm³/mol. The van der Waals surface area contributed by atoms with Gasteiger partial charge in [0.15, 0.2) is 5.65 Å². The van der Waals surface area contributed by atoms with Gasteiger partial charge in [-0.3, -0.25) is 13.9 Å². The van der Waals surface area contributed by atoms with E-state index < -0.39 is 5.97 Å². The number of H-pyrrole nitrogens is 1. The Morgan fingerprint density at radius 3 is 2.71 bits per heavy atom. The van der Waals surface area contributed by atoms with Gasteiger partial charge < -0.3 is 9.72 Å². The molecule has 0 aliphatic heterocycles. The van der Waals surface area contributed by atoms with Gasteiger partial charge in [-0.15, -0.1) is 0 Å². The number of ether oxygens (including phenoxy) is 1. The van der Waals surface area contributed by atoms with E-state index >= 15 is 0 Å². The number of nitrogens with zero attached hydrogens (tertiary/aromatic N) is 4. The number of pyridine rings is 1. The number of rotatable bonds is 6. The molecule has 0 amide bonds. The third-order valence-corrected chi connectivity index (χ3v) is 5.51. The van der Waals surface area contributed by atoms with Gasteiger partial charge in [-0.05, 0) is 29.8 Å². The molecule has 31 heavy (non-hydrogen) atoms. The number of halogens is 3. The van der Waals surface area contributed by atoms with Crippen molar-refractivity contribution in [1.29, 1.82) is 0 Å². The molecule has 3 aromatic heterocycles. The van der Waals surface area contributed by atoms with Crippen molar-refractivity contribution in [2.45, 2.75) is 19.5 Å². The van der Waals surface area contributed by atoms with Gasteiger partial charge in [0.05, 0.1) is 19.2 Å². The molecule has 0 saturated heterocycles. The average molecular weight is 481 g/mol. The molecule has 160 valence electrons. The van der Waals surface area contributed by atoms with Crippen LogP contribution in [0.5, 0.6) is 0 Å².